The van der Waals surface area contributed by atoms with Crippen LogP contribution in [0.5, 0.6) is 5.75 Å². The van der Waals surface area contributed by atoms with Crippen LogP contribution in [0.1, 0.15) is 16.7 Å². The number of nitriles is 1. The van der Waals surface area contributed by atoms with E-state index in [4.69, 9.17) is 10.00 Å². The van der Waals surface area contributed by atoms with E-state index in [1.807, 2.05) is 47.4 Å². The van der Waals surface area contributed by atoms with Gasteiger partial charge in [0.25, 0.3) is 0 Å². The third-order valence-corrected chi connectivity index (χ3v) is 5.26. The van der Waals surface area contributed by atoms with Crippen molar-refractivity contribution in [1.29, 1.82) is 5.26 Å². The molecule has 1 aliphatic rings. The van der Waals surface area contributed by atoms with Gasteiger partial charge in [0.2, 0.25) is 5.91 Å². The van der Waals surface area contributed by atoms with Crippen molar-refractivity contribution in [2.75, 3.05) is 33.3 Å². The van der Waals surface area contributed by atoms with E-state index in [0.29, 0.717) is 18.7 Å². The van der Waals surface area contributed by atoms with Crippen LogP contribution in [0.2, 0.25) is 0 Å². The number of ether oxygens (including phenoxy) is 1. The minimum Gasteiger partial charge on any atom is -0.496 e. The number of carbonyl (C=O) groups excluding carboxylic acids is 1. The van der Waals surface area contributed by atoms with Crippen molar-refractivity contribution >= 4 is 27.9 Å². The van der Waals surface area contributed by atoms with E-state index >= 15 is 0 Å². The van der Waals surface area contributed by atoms with Gasteiger partial charge in [0.1, 0.15) is 5.75 Å². The van der Waals surface area contributed by atoms with Crippen LogP contribution in [0, 0.1) is 11.3 Å². The van der Waals surface area contributed by atoms with E-state index in [9.17, 15) is 4.79 Å². The van der Waals surface area contributed by atoms with Gasteiger partial charge in [0, 0.05) is 48.8 Å². The number of methoxy groups -OCH3 is 1. The second-order valence-corrected chi connectivity index (χ2v) is 7.55. The van der Waals surface area contributed by atoms with Crippen LogP contribution in [0.15, 0.2) is 53.0 Å². The molecule has 1 amide bonds. The van der Waals surface area contributed by atoms with Gasteiger partial charge in [0.15, 0.2) is 0 Å². The number of amides is 1. The first kappa shape index (κ1) is 20.1. The summed E-state index contributed by atoms with van der Waals surface area (Å²) >= 11 is 3.44. The van der Waals surface area contributed by atoms with Gasteiger partial charge in [-0.3, -0.25) is 9.69 Å². The number of nitrogens with zero attached hydrogens (tertiary/aromatic N) is 3. The van der Waals surface area contributed by atoms with Gasteiger partial charge in [0.05, 0.1) is 18.7 Å². The number of hydrogen-bond donors (Lipinski definition) is 0. The van der Waals surface area contributed by atoms with Gasteiger partial charge in [-0.25, -0.2) is 0 Å². The van der Waals surface area contributed by atoms with Gasteiger partial charge >= 0.3 is 0 Å². The number of piperazine rings is 1. The molecule has 0 bridgehead atoms. The summed E-state index contributed by atoms with van der Waals surface area (Å²) in [6.07, 6.45) is 3.41. The maximum Gasteiger partial charge on any atom is 0.246 e. The summed E-state index contributed by atoms with van der Waals surface area (Å²) < 4.78 is 6.28. The summed E-state index contributed by atoms with van der Waals surface area (Å²) in [5.74, 6) is 0.750. The number of carbonyl (C=O) groups is 1. The Bertz CT molecular complexity index is 895. The van der Waals surface area contributed by atoms with Crippen molar-refractivity contribution in [3.63, 3.8) is 0 Å². The number of benzene rings is 2. The van der Waals surface area contributed by atoms with Crippen LogP contribution in [-0.2, 0) is 11.3 Å². The average Bonchev–Trinajstić information content (AvgIpc) is 2.73. The van der Waals surface area contributed by atoms with Gasteiger partial charge < -0.3 is 9.64 Å². The first-order valence-electron chi connectivity index (χ1n) is 9.11. The van der Waals surface area contributed by atoms with Crippen molar-refractivity contribution in [2.45, 2.75) is 6.54 Å². The van der Waals surface area contributed by atoms with Crippen molar-refractivity contribution in [1.82, 2.24) is 9.80 Å². The molecule has 0 unspecified atom stereocenters. The molecule has 1 saturated heterocycles. The minimum atomic E-state index is 0.0139. The summed E-state index contributed by atoms with van der Waals surface area (Å²) in [4.78, 5) is 16.7. The Hall–Kier alpha value is -2.62. The van der Waals surface area contributed by atoms with E-state index in [2.05, 4.69) is 26.9 Å². The zero-order valence-corrected chi connectivity index (χ0v) is 17.4. The third-order valence-electron chi connectivity index (χ3n) is 4.77. The summed E-state index contributed by atoms with van der Waals surface area (Å²) in [6.45, 7) is 3.91. The number of hydrogen-bond acceptors (Lipinski definition) is 4. The molecular weight excluding hydrogens is 418 g/mol. The van der Waals surface area contributed by atoms with Crippen LogP contribution < -0.4 is 4.74 Å². The van der Waals surface area contributed by atoms with Crippen molar-refractivity contribution in [3.05, 3.63) is 69.7 Å². The summed E-state index contributed by atoms with van der Waals surface area (Å²) in [5, 5.41) is 8.88. The highest BCUT2D eigenvalue weighted by molar-refractivity contribution is 9.10. The molecule has 28 heavy (non-hydrogen) atoms. The monoisotopic (exact) mass is 439 g/mol. The fourth-order valence-corrected chi connectivity index (χ4v) is 3.55. The molecule has 3 rings (SSSR count). The molecule has 1 heterocycles. The number of rotatable bonds is 5. The highest BCUT2D eigenvalue weighted by Gasteiger charge is 2.19. The largest absolute Gasteiger partial charge is 0.496 e. The maximum atomic E-state index is 12.5. The lowest BCUT2D eigenvalue weighted by molar-refractivity contribution is -0.127. The zero-order valence-electron chi connectivity index (χ0n) is 15.8. The molecule has 1 aliphatic heterocycles. The molecule has 0 saturated carbocycles. The van der Waals surface area contributed by atoms with Crippen molar-refractivity contribution in [2.24, 2.45) is 0 Å². The third kappa shape index (κ3) is 5.22. The van der Waals surface area contributed by atoms with E-state index in [1.54, 1.807) is 19.3 Å². The lowest BCUT2D eigenvalue weighted by Crippen LogP contribution is -2.47. The van der Waals surface area contributed by atoms with E-state index in [0.717, 1.165) is 35.4 Å². The average molecular weight is 440 g/mol. The van der Waals surface area contributed by atoms with Crippen LogP contribution in [0.3, 0.4) is 0 Å². The summed E-state index contributed by atoms with van der Waals surface area (Å²) in [5.41, 5.74) is 2.72. The summed E-state index contributed by atoms with van der Waals surface area (Å²) in [7, 11) is 1.62. The van der Waals surface area contributed by atoms with Gasteiger partial charge in [-0.05, 0) is 42.0 Å². The van der Waals surface area contributed by atoms with Crippen molar-refractivity contribution < 1.29 is 9.53 Å². The smallest absolute Gasteiger partial charge is 0.246 e. The standard InChI is InChI=1S/C22H22BrN3O2/c1-28-21-8-7-20(23)14-19(21)6-9-22(27)26-12-10-25(11-13-26)16-18-4-2-17(15-24)3-5-18/h2-9,14H,10-13,16H2,1H3/b9-6+. The molecule has 0 spiro atoms. The van der Waals surface area contributed by atoms with Crippen molar-refractivity contribution in [3.8, 4) is 11.8 Å². The molecule has 6 heteroatoms. The Morgan fingerprint density at radius 2 is 1.89 bits per heavy atom. The Labute approximate surface area is 173 Å². The molecule has 0 aliphatic carbocycles. The number of halogens is 1. The lowest BCUT2D eigenvalue weighted by atomic mass is 10.1. The Morgan fingerprint density at radius 1 is 1.18 bits per heavy atom. The SMILES string of the molecule is COc1ccc(Br)cc1/C=C/C(=O)N1CCN(Cc2ccc(C#N)cc2)CC1. The highest BCUT2D eigenvalue weighted by atomic mass is 79.9. The molecule has 0 N–H and O–H groups in total. The predicted molar refractivity (Wildman–Crippen MR) is 113 cm³/mol. The quantitative estimate of drug-likeness (QED) is 0.666. The predicted octanol–water partition coefficient (Wildman–Crippen LogP) is 3.69. The summed E-state index contributed by atoms with van der Waals surface area (Å²) in [6, 6.07) is 15.5. The molecule has 0 aromatic heterocycles. The minimum absolute atomic E-state index is 0.0139. The second kappa shape index (κ2) is 9.54. The van der Waals surface area contributed by atoms with E-state index in [-0.39, 0.29) is 5.91 Å². The van der Waals surface area contributed by atoms with E-state index in [1.165, 1.54) is 5.56 Å². The fraction of sp³-hybridized carbons (Fsp3) is 0.273. The van der Waals surface area contributed by atoms with E-state index < -0.39 is 0 Å². The van der Waals surface area contributed by atoms with Gasteiger partial charge in [-0.1, -0.05) is 28.1 Å². The zero-order chi connectivity index (χ0) is 19.9. The second-order valence-electron chi connectivity index (χ2n) is 6.63. The maximum absolute atomic E-state index is 12.5. The topological polar surface area (TPSA) is 56.6 Å². The molecule has 0 radical (unpaired) electrons. The Morgan fingerprint density at radius 3 is 2.54 bits per heavy atom. The van der Waals surface area contributed by atoms with Gasteiger partial charge in [-0.2, -0.15) is 5.26 Å². The van der Waals surface area contributed by atoms with Crippen LogP contribution in [-0.4, -0.2) is 49.0 Å². The fourth-order valence-electron chi connectivity index (χ4n) is 3.17. The normalized spacial score (nSPS) is 14.8. The first-order chi connectivity index (χ1) is 13.6. The van der Waals surface area contributed by atoms with Crippen LogP contribution in [0.4, 0.5) is 0 Å². The lowest BCUT2D eigenvalue weighted by Gasteiger charge is -2.34. The molecule has 2 aromatic carbocycles. The molecule has 2 aromatic rings. The molecule has 5 nitrogen and oxygen atoms in total. The Balaban J connectivity index is 1.53. The van der Waals surface area contributed by atoms with Gasteiger partial charge in [-0.15, -0.1) is 0 Å². The molecular formula is C22H22BrN3O2. The first-order valence-corrected chi connectivity index (χ1v) is 9.90. The molecule has 1 fully saturated rings. The van der Waals surface area contributed by atoms with Crippen LogP contribution >= 0.6 is 15.9 Å². The molecule has 144 valence electrons. The highest BCUT2D eigenvalue weighted by Crippen LogP contribution is 2.24. The Kier molecular flexibility index (Phi) is 6.85. The van der Waals surface area contributed by atoms with Crippen LogP contribution in [0.25, 0.3) is 6.08 Å². The molecule has 0 atom stereocenters.